The predicted molar refractivity (Wildman–Crippen MR) is 99.5 cm³/mol. The summed E-state index contributed by atoms with van der Waals surface area (Å²) in [5.41, 5.74) is 1.31. The Morgan fingerprint density at radius 3 is 2.85 bits per heavy atom. The van der Waals surface area contributed by atoms with E-state index in [2.05, 4.69) is 56.7 Å². The molecule has 26 heavy (non-hydrogen) atoms. The number of aliphatic hydroxyl groups excluding tert-OH is 1. The van der Waals surface area contributed by atoms with Gasteiger partial charge in [0, 0.05) is 51.0 Å². The van der Waals surface area contributed by atoms with Gasteiger partial charge in [0.2, 0.25) is 11.8 Å². The van der Waals surface area contributed by atoms with E-state index in [1.165, 1.54) is 12.1 Å². The molecule has 7 nitrogen and oxygen atoms in total. The zero-order valence-corrected chi connectivity index (χ0v) is 16.3. The molecule has 0 unspecified atom stereocenters. The predicted octanol–water partition coefficient (Wildman–Crippen LogP) is 1.90. The van der Waals surface area contributed by atoms with Gasteiger partial charge >= 0.3 is 0 Å². The Kier molecular flexibility index (Phi) is 6.11. The van der Waals surface area contributed by atoms with Gasteiger partial charge in [-0.2, -0.15) is 0 Å². The van der Waals surface area contributed by atoms with Crippen LogP contribution in [0.25, 0.3) is 0 Å². The molecule has 0 aliphatic carbocycles. The zero-order valence-electron chi connectivity index (χ0n) is 16.3. The summed E-state index contributed by atoms with van der Waals surface area (Å²) in [6.07, 6.45) is 2.97. The van der Waals surface area contributed by atoms with Gasteiger partial charge in [0.1, 0.15) is 0 Å². The molecule has 1 aliphatic rings. The molecule has 2 aromatic heterocycles. The minimum atomic E-state index is -0.372. The van der Waals surface area contributed by atoms with E-state index in [1.807, 2.05) is 7.05 Å². The van der Waals surface area contributed by atoms with E-state index in [1.54, 1.807) is 6.92 Å². The van der Waals surface area contributed by atoms with Crippen LogP contribution in [0, 0.1) is 12.8 Å². The number of likely N-dealkylation sites (tertiary alicyclic amines) is 1. The van der Waals surface area contributed by atoms with Gasteiger partial charge < -0.3 is 14.1 Å². The molecule has 2 atom stereocenters. The molecular formula is C19H31N5O2. The van der Waals surface area contributed by atoms with Gasteiger partial charge in [0.05, 0.1) is 12.6 Å². The highest BCUT2D eigenvalue weighted by Crippen LogP contribution is 2.20. The smallest absolute Gasteiger partial charge is 0.230 e. The SMILES string of the molecule is Cc1nnc(CN(C)[C@H]2CN(Cc3cccn3CCC(C)C)C[C@H]2O)o1. The lowest BCUT2D eigenvalue weighted by molar-refractivity contribution is 0.0898. The van der Waals surface area contributed by atoms with E-state index < -0.39 is 0 Å². The first kappa shape index (κ1) is 19.1. The highest BCUT2D eigenvalue weighted by molar-refractivity contribution is 5.08. The Morgan fingerprint density at radius 1 is 1.35 bits per heavy atom. The Labute approximate surface area is 155 Å². The van der Waals surface area contributed by atoms with Gasteiger partial charge in [0.15, 0.2) is 0 Å². The van der Waals surface area contributed by atoms with Crippen LogP contribution in [0.2, 0.25) is 0 Å². The molecule has 2 aromatic rings. The van der Waals surface area contributed by atoms with Crippen molar-refractivity contribution in [3.05, 3.63) is 35.8 Å². The van der Waals surface area contributed by atoms with Gasteiger partial charge in [0.25, 0.3) is 0 Å². The van der Waals surface area contributed by atoms with E-state index >= 15 is 0 Å². The van der Waals surface area contributed by atoms with Crippen LogP contribution in [-0.2, 0) is 19.6 Å². The molecule has 0 spiro atoms. The van der Waals surface area contributed by atoms with Gasteiger partial charge in [-0.3, -0.25) is 9.80 Å². The molecule has 1 saturated heterocycles. The molecule has 1 N–H and O–H groups in total. The molecule has 0 amide bonds. The van der Waals surface area contributed by atoms with E-state index in [-0.39, 0.29) is 12.1 Å². The molecule has 144 valence electrons. The third kappa shape index (κ3) is 4.72. The number of rotatable bonds is 8. The van der Waals surface area contributed by atoms with Crippen molar-refractivity contribution in [2.45, 2.75) is 59.0 Å². The zero-order chi connectivity index (χ0) is 18.7. The average molecular weight is 361 g/mol. The molecule has 1 aliphatic heterocycles. The topological polar surface area (TPSA) is 70.6 Å². The summed E-state index contributed by atoms with van der Waals surface area (Å²) in [4.78, 5) is 4.43. The van der Waals surface area contributed by atoms with Crippen LogP contribution < -0.4 is 0 Å². The lowest BCUT2D eigenvalue weighted by Gasteiger charge is -2.25. The van der Waals surface area contributed by atoms with E-state index in [0.29, 0.717) is 30.8 Å². The number of aryl methyl sites for hydroxylation is 2. The largest absolute Gasteiger partial charge is 0.424 e. The van der Waals surface area contributed by atoms with Crippen molar-refractivity contribution in [3.8, 4) is 0 Å². The van der Waals surface area contributed by atoms with E-state index in [4.69, 9.17) is 4.42 Å². The first-order valence-electron chi connectivity index (χ1n) is 9.46. The molecule has 3 rings (SSSR count). The van der Waals surface area contributed by atoms with Gasteiger partial charge in [-0.25, -0.2) is 0 Å². The van der Waals surface area contributed by atoms with Crippen LogP contribution in [0.1, 0.15) is 37.7 Å². The van der Waals surface area contributed by atoms with Crippen LogP contribution in [0.15, 0.2) is 22.7 Å². The van der Waals surface area contributed by atoms with Crippen LogP contribution >= 0.6 is 0 Å². The lowest BCUT2D eigenvalue weighted by Crippen LogP contribution is -2.40. The third-order valence-corrected chi connectivity index (χ3v) is 5.11. The molecule has 1 fully saturated rings. The second-order valence-corrected chi connectivity index (χ2v) is 7.83. The maximum absolute atomic E-state index is 10.5. The molecule has 0 radical (unpaired) electrons. The normalized spacial score (nSPS) is 21.3. The lowest BCUT2D eigenvalue weighted by atomic mass is 10.1. The van der Waals surface area contributed by atoms with Gasteiger partial charge in [-0.1, -0.05) is 13.8 Å². The van der Waals surface area contributed by atoms with Crippen molar-refractivity contribution in [1.82, 2.24) is 24.6 Å². The number of β-amino-alcohol motifs (C(OH)–C–C–N with tert-alkyl or cyclic N) is 1. The average Bonchev–Trinajstić information content (AvgIpc) is 3.27. The van der Waals surface area contributed by atoms with Gasteiger partial charge in [-0.05, 0) is 31.5 Å². The second kappa shape index (κ2) is 8.33. The van der Waals surface area contributed by atoms with Crippen LogP contribution in [0.3, 0.4) is 0 Å². The summed E-state index contributed by atoms with van der Waals surface area (Å²) < 4.78 is 7.80. The van der Waals surface area contributed by atoms with Crippen molar-refractivity contribution < 1.29 is 9.52 Å². The van der Waals surface area contributed by atoms with Crippen molar-refractivity contribution in [2.24, 2.45) is 5.92 Å². The summed E-state index contributed by atoms with van der Waals surface area (Å²) in [6.45, 7) is 10.3. The molecule has 3 heterocycles. The Balaban J connectivity index is 1.56. The fourth-order valence-corrected chi connectivity index (χ4v) is 3.58. The number of hydrogen-bond donors (Lipinski definition) is 1. The second-order valence-electron chi connectivity index (χ2n) is 7.83. The maximum Gasteiger partial charge on any atom is 0.230 e. The summed E-state index contributed by atoms with van der Waals surface area (Å²) in [5, 5.41) is 18.5. The first-order valence-corrected chi connectivity index (χ1v) is 9.46. The fraction of sp³-hybridized carbons (Fsp3) is 0.684. The van der Waals surface area contributed by atoms with E-state index in [0.717, 1.165) is 19.6 Å². The summed E-state index contributed by atoms with van der Waals surface area (Å²) in [6, 6.07) is 4.37. The number of nitrogens with zero attached hydrogens (tertiary/aromatic N) is 5. The fourth-order valence-electron chi connectivity index (χ4n) is 3.58. The molecule has 0 saturated carbocycles. The Hall–Kier alpha value is -1.70. The standard InChI is InChI=1S/C19H31N5O2/c1-14(2)7-9-24-8-5-6-16(24)10-23-11-17(18(25)12-23)22(4)13-19-21-20-15(3)26-19/h5-6,8,14,17-18,25H,7,9-13H2,1-4H3/t17-,18+/m0/s1. The maximum atomic E-state index is 10.5. The first-order chi connectivity index (χ1) is 12.4. The van der Waals surface area contributed by atoms with Crippen molar-refractivity contribution >= 4 is 0 Å². The van der Waals surface area contributed by atoms with Crippen LogP contribution in [0.5, 0.6) is 0 Å². The van der Waals surface area contributed by atoms with Crippen molar-refractivity contribution in [2.75, 3.05) is 20.1 Å². The van der Waals surface area contributed by atoms with E-state index in [9.17, 15) is 5.11 Å². The third-order valence-electron chi connectivity index (χ3n) is 5.11. The number of hydrogen-bond acceptors (Lipinski definition) is 6. The minimum absolute atomic E-state index is 0.0706. The number of aliphatic hydroxyl groups is 1. The number of likely N-dealkylation sites (N-methyl/N-ethyl adjacent to an activating group) is 1. The van der Waals surface area contributed by atoms with Crippen molar-refractivity contribution in [1.29, 1.82) is 0 Å². The van der Waals surface area contributed by atoms with Crippen LogP contribution in [0.4, 0.5) is 0 Å². The monoisotopic (exact) mass is 361 g/mol. The molecule has 0 bridgehead atoms. The van der Waals surface area contributed by atoms with Crippen LogP contribution in [-0.4, -0.2) is 62.0 Å². The minimum Gasteiger partial charge on any atom is -0.424 e. The Bertz CT molecular complexity index is 696. The highest BCUT2D eigenvalue weighted by Gasteiger charge is 2.34. The summed E-state index contributed by atoms with van der Waals surface area (Å²) in [5.74, 6) is 1.87. The molecule has 7 heteroatoms. The van der Waals surface area contributed by atoms with Gasteiger partial charge in [-0.15, -0.1) is 10.2 Å². The van der Waals surface area contributed by atoms with Crippen molar-refractivity contribution in [3.63, 3.8) is 0 Å². The summed E-state index contributed by atoms with van der Waals surface area (Å²) >= 11 is 0. The summed E-state index contributed by atoms with van der Waals surface area (Å²) in [7, 11) is 2.00. The number of aromatic nitrogens is 3. The molecule has 0 aromatic carbocycles. The quantitative estimate of drug-likeness (QED) is 0.774. The highest BCUT2D eigenvalue weighted by atomic mass is 16.4. The molecular weight excluding hydrogens is 330 g/mol. The Morgan fingerprint density at radius 2 is 2.15 bits per heavy atom.